The molecule has 0 unspecified atom stereocenters. The molecular formula is C15H12FN3O. The first-order valence-corrected chi connectivity index (χ1v) is 6.16. The largest absolute Gasteiger partial charge is 0.321 e. The molecule has 0 fully saturated rings. The van der Waals surface area contributed by atoms with Gasteiger partial charge in [0.25, 0.3) is 5.91 Å². The van der Waals surface area contributed by atoms with Crippen molar-refractivity contribution in [1.82, 2.24) is 10.2 Å². The van der Waals surface area contributed by atoms with Gasteiger partial charge in [0, 0.05) is 11.1 Å². The van der Waals surface area contributed by atoms with Crippen molar-refractivity contribution in [3.05, 3.63) is 59.5 Å². The number of carbonyl (C=O) groups excluding carboxylic acids is 1. The van der Waals surface area contributed by atoms with Gasteiger partial charge >= 0.3 is 0 Å². The second-order valence-corrected chi connectivity index (χ2v) is 4.56. The van der Waals surface area contributed by atoms with E-state index in [1.54, 1.807) is 18.2 Å². The number of amides is 1. The van der Waals surface area contributed by atoms with E-state index in [-0.39, 0.29) is 17.1 Å². The molecule has 0 saturated heterocycles. The minimum Gasteiger partial charge on any atom is -0.321 e. The van der Waals surface area contributed by atoms with Crippen LogP contribution in [0.5, 0.6) is 0 Å². The van der Waals surface area contributed by atoms with Crippen molar-refractivity contribution in [3.8, 4) is 0 Å². The lowest BCUT2D eigenvalue weighted by Gasteiger charge is -2.04. The molecule has 0 saturated carbocycles. The van der Waals surface area contributed by atoms with Crippen LogP contribution in [0.2, 0.25) is 0 Å². The van der Waals surface area contributed by atoms with Crippen molar-refractivity contribution in [2.75, 3.05) is 5.32 Å². The monoisotopic (exact) mass is 269 g/mol. The molecule has 0 aliphatic rings. The number of aryl methyl sites for hydroxylation is 1. The fraction of sp³-hybridized carbons (Fsp3) is 0.0667. The molecule has 1 heterocycles. The quantitative estimate of drug-likeness (QED) is 0.750. The smallest absolute Gasteiger partial charge is 0.274 e. The van der Waals surface area contributed by atoms with Crippen molar-refractivity contribution in [2.45, 2.75) is 6.92 Å². The van der Waals surface area contributed by atoms with E-state index < -0.39 is 5.82 Å². The molecule has 0 radical (unpaired) electrons. The number of fused-ring (bicyclic) bond motifs is 1. The maximum absolute atomic E-state index is 13.5. The van der Waals surface area contributed by atoms with Gasteiger partial charge in [-0.3, -0.25) is 9.89 Å². The number of H-pyrrole nitrogens is 1. The molecule has 2 N–H and O–H groups in total. The summed E-state index contributed by atoms with van der Waals surface area (Å²) in [6.45, 7) is 1.94. The van der Waals surface area contributed by atoms with Gasteiger partial charge in [-0.1, -0.05) is 24.3 Å². The fourth-order valence-electron chi connectivity index (χ4n) is 2.09. The van der Waals surface area contributed by atoms with Crippen molar-refractivity contribution >= 4 is 22.5 Å². The van der Waals surface area contributed by atoms with Crippen molar-refractivity contribution in [1.29, 1.82) is 0 Å². The number of hydrogen-bond acceptors (Lipinski definition) is 2. The van der Waals surface area contributed by atoms with E-state index in [0.29, 0.717) is 11.1 Å². The molecule has 2 aromatic carbocycles. The van der Waals surface area contributed by atoms with Gasteiger partial charge in [-0.2, -0.15) is 5.10 Å². The Bertz CT molecular complexity index is 795. The number of aromatic nitrogens is 2. The average molecular weight is 269 g/mol. The van der Waals surface area contributed by atoms with E-state index in [4.69, 9.17) is 0 Å². The third-order valence-electron chi connectivity index (χ3n) is 3.04. The summed E-state index contributed by atoms with van der Waals surface area (Å²) in [5.41, 5.74) is 2.15. The van der Waals surface area contributed by atoms with Crippen LogP contribution >= 0.6 is 0 Å². The molecule has 100 valence electrons. The summed E-state index contributed by atoms with van der Waals surface area (Å²) in [6.07, 6.45) is 0. The van der Waals surface area contributed by atoms with Crippen LogP contribution in [0.15, 0.2) is 42.5 Å². The average Bonchev–Trinajstić information content (AvgIpc) is 2.84. The molecule has 4 nitrogen and oxygen atoms in total. The zero-order chi connectivity index (χ0) is 14.1. The Balaban J connectivity index is 1.95. The van der Waals surface area contributed by atoms with Crippen LogP contribution < -0.4 is 5.32 Å². The standard InChI is InChI=1S/C15H12FN3O/c1-9-4-2-5-10(8-9)17-15(20)14-11-6-3-7-12(16)13(11)18-19-14/h2-8H,1H3,(H,17,20)(H,18,19). The summed E-state index contributed by atoms with van der Waals surface area (Å²) in [4.78, 5) is 12.2. The van der Waals surface area contributed by atoms with Crippen LogP contribution in [0.25, 0.3) is 10.9 Å². The molecule has 0 spiro atoms. The van der Waals surface area contributed by atoms with E-state index in [1.165, 1.54) is 6.07 Å². The summed E-state index contributed by atoms with van der Waals surface area (Å²) in [5.74, 6) is -0.794. The van der Waals surface area contributed by atoms with Crippen LogP contribution in [0, 0.1) is 12.7 Å². The minimum atomic E-state index is -0.451. The van der Waals surface area contributed by atoms with Gasteiger partial charge in [-0.25, -0.2) is 4.39 Å². The van der Waals surface area contributed by atoms with Crippen LogP contribution in [0.3, 0.4) is 0 Å². The lowest BCUT2D eigenvalue weighted by molar-refractivity contribution is 0.102. The predicted octanol–water partition coefficient (Wildman–Crippen LogP) is 3.26. The number of para-hydroxylation sites is 1. The maximum Gasteiger partial charge on any atom is 0.274 e. The van der Waals surface area contributed by atoms with Crippen LogP contribution in [-0.4, -0.2) is 16.1 Å². The molecule has 0 bridgehead atoms. The number of carbonyl (C=O) groups is 1. The van der Waals surface area contributed by atoms with Gasteiger partial charge in [-0.05, 0) is 30.7 Å². The number of nitrogens with one attached hydrogen (secondary N) is 2. The van der Waals surface area contributed by atoms with Crippen molar-refractivity contribution in [3.63, 3.8) is 0 Å². The number of aromatic amines is 1. The van der Waals surface area contributed by atoms with Crippen LogP contribution in [0.1, 0.15) is 16.1 Å². The van der Waals surface area contributed by atoms with Crippen molar-refractivity contribution < 1.29 is 9.18 Å². The normalized spacial score (nSPS) is 10.7. The first-order valence-electron chi connectivity index (χ1n) is 6.16. The third kappa shape index (κ3) is 2.14. The van der Waals surface area contributed by atoms with Gasteiger partial charge in [-0.15, -0.1) is 0 Å². The summed E-state index contributed by atoms with van der Waals surface area (Å²) >= 11 is 0. The molecule has 0 atom stereocenters. The van der Waals surface area contributed by atoms with Gasteiger partial charge in [0.2, 0.25) is 0 Å². The van der Waals surface area contributed by atoms with E-state index >= 15 is 0 Å². The number of rotatable bonds is 2. The fourth-order valence-corrected chi connectivity index (χ4v) is 2.09. The summed E-state index contributed by atoms with van der Waals surface area (Å²) < 4.78 is 13.5. The van der Waals surface area contributed by atoms with Gasteiger partial charge in [0.05, 0.1) is 0 Å². The Hall–Kier alpha value is -2.69. The second kappa shape index (κ2) is 4.77. The van der Waals surface area contributed by atoms with Crippen molar-refractivity contribution in [2.24, 2.45) is 0 Å². The highest BCUT2D eigenvalue weighted by Gasteiger charge is 2.15. The Morgan fingerprint density at radius 2 is 2.05 bits per heavy atom. The Labute approximate surface area is 114 Å². The maximum atomic E-state index is 13.5. The first kappa shape index (κ1) is 12.3. The summed E-state index contributed by atoms with van der Waals surface area (Å²) in [7, 11) is 0. The molecule has 0 aliphatic heterocycles. The molecule has 5 heteroatoms. The van der Waals surface area contributed by atoms with E-state index in [2.05, 4.69) is 15.5 Å². The first-order chi connectivity index (χ1) is 9.65. The number of hydrogen-bond donors (Lipinski definition) is 2. The molecular weight excluding hydrogens is 257 g/mol. The second-order valence-electron chi connectivity index (χ2n) is 4.56. The number of anilines is 1. The molecule has 0 aliphatic carbocycles. The molecule has 3 rings (SSSR count). The lowest BCUT2D eigenvalue weighted by atomic mass is 10.2. The highest BCUT2D eigenvalue weighted by atomic mass is 19.1. The Morgan fingerprint density at radius 1 is 1.25 bits per heavy atom. The highest BCUT2D eigenvalue weighted by Crippen LogP contribution is 2.20. The third-order valence-corrected chi connectivity index (χ3v) is 3.04. The zero-order valence-electron chi connectivity index (χ0n) is 10.8. The highest BCUT2D eigenvalue weighted by molar-refractivity contribution is 6.11. The number of benzene rings is 2. The van der Waals surface area contributed by atoms with Gasteiger partial charge < -0.3 is 5.32 Å². The van der Waals surface area contributed by atoms with E-state index in [9.17, 15) is 9.18 Å². The predicted molar refractivity (Wildman–Crippen MR) is 75.2 cm³/mol. The van der Waals surface area contributed by atoms with Gasteiger partial charge in [0.15, 0.2) is 5.82 Å². The Kier molecular flexibility index (Phi) is 2.95. The molecule has 20 heavy (non-hydrogen) atoms. The summed E-state index contributed by atoms with van der Waals surface area (Å²) in [5, 5.41) is 9.66. The van der Waals surface area contributed by atoms with E-state index in [1.807, 2.05) is 25.1 Å². The van der Waals surface area contributed by atoms with Crippen LogP contribution in [-0.2, 0) is 0 Å². The van der Waals surface area contributed by atoms with Gasteiger partial charge in [0.1, 0.15) is 11.2 Å². The SMILES string of the molecule is Cc1cccc(NC(=O)c2[nH]nc3c(F)cccc23)c1. The molecule has 3 aromatic rings. The topological polar surface area (TPSA) is 57.8 Å². The van der Waals surface area contributed by atoms with Crippen LogP contribution in [0.4, 0.5) is 10.1 Å². The molecule has 1 amide bonds. The number of halogens is 1. The lowest BCUT2D eigenvalue weighted by Crippen LogP contribution is -2.12. The summed E-state index contributed by atoms with van der Waals surface area (Å²) in [6, 6.07) is 12.0. The Morgan fingerprint density at radius 3 is 2.85 bits per heavy atom. The minimum absolute atomic E-state index is 0.168. The zero-order valence-corrected chi connectivity index (χ0v) is 10.8. The van der Waals surface area contributed by atoms with E-state index in [0.717, 1.165) is 5.56 Å². The molecule has 1 aromatic heterocycles. The number of nitrogens with zero attached hydrogens (tertiary/aromatic N) is 1.